The molecule has 0 atom stereocenters. The number of hydrogen-bond donors (Lipinski definition) is 0. The molecular weight excluding hydrogens is 224 g/mol. The summed E-state index contributed by atoms with van der Waals surface area (Å²) in [4.78, 5) is 0. The molecule has 1 heteroatoms. The second kappa shape index (κ2) is 5.03. The maximum Gasteiger partial charge on any atom is 0.0247 e. The maximum absolute atomic E-state index is 3.49. The molecule has 0 fully saturated rings. The normalized spacial score (nSPS) is 10.4. The first-order chi connectivity index (χ1) is 6.20. The molecule has 13 heavy (non-hydrogen) atoms. The molecule has 0 N–H and O–H groups in total. The van der Waals surface area contributed by atoms with Crippen LogP contribution in [0.5, 0.6) is 0 Å². The van der Waals surface area contributed by atoms with E-state index in [9.17, 15) is 0 Å². The Labute approximate surface area is 88.1 Å². The summed E-state index contributed by atoms with van der Waals surface area (Å²) in [6.45, 7) is 4.18. The van der Waals surface area contributed by atoms with Gasteiger partial charge in [-0.2, -0.15) is 0 Å². The molecule has 0 aliphatic heterocycles. The minimum Gasteiger partial charge on any atom is -0.0764 e. The molecule has 0 unspecified atom stereocenters. The van der Waals surface area contributed by atoms with Gasteiger partial charge in [0, 0.05) is 4.47 Å². The van der Waals surface area contributed by atoms with E-state index in [-0.39, 0.29) is 0 Å². The molecule has 68 valence electrons. The lowest BCUT2D eigenvalue weighted by atomic mass is 10.2. The van der Waals surface area contributed by atoms with Gasteiger partial charge in [0.25, 0.3) is 0 Å². The molecular formula is C12H13Br. The molecule has 0 saturated heterocycles. The standard InChI is InChI=1S/C12H13Br/c1-10(2)6-5-8-11-7-3-4-9-12(11)13/h3-9H,1-2H3/b8-5-. The molecule has 0 aliphatic carbocycles. The van der Waals surface area contributed by atoms with Crippen molar-refractivity contribution in [2.75, 3.05) is 0 Å². The lowest BCUT2D eigenvalue weighted by molar-refractivity contribution is 1.39. The molecule has 0 aromatic heterocycles. The van der Waals surface area contributed by atoms with E-state index in [0.29, 0.717) is 0 Å². The SMILES string of the molecule is CC(C)=C/C=C\c1ccccc1Br. The second-order valence-electron chi connectivity index (χ2n) is 3.12. The zero-order valence-electron chi connectivity index (χ0n) is 7.92. The van der Waals surface area contributed by atoms with Crippen molar-refractivity contribution in [2.24, 2.45) is 0 Å². The molecule has 0 aliphatic rings. The monoisotopic (exact) mass is 236 g/mol. The largest absolute Gasteiger partial charge is 0.0764 e. The quantitative estimate of drug-likeness (QED) is 0.667. The van der Waals surface area contributed by atoms with Crippen LogP contribution in [-0.2, 0) is 0 Å². The predicted molar refractivity (Wildman–Crippen MR) is 62.6 cm³/mol. The second-order valence-corrected chi connectivity index (χ2v) is 3.98. The van der Waals surface area contributed by atoms with E-state index in [1.54, 1.807) is 0 Å². The first-order valence-electron chi connectivity index (χ1n) is 4.26. The van der Waals surface area contributed by atoms with Gasteiger partial charge < -0.3 is 0 Å². The Hall–Kier alpha value is -0.820. The Kier molecular flexibility index (Phi) is 3.97. The molecule has 1 aromatic carbocycles. The molecule has 0 bridgehead atoms. The first-order valence-corrected chi connectivity index (χ1v) is 5.05. The van der Waals surface area contributed by atoms with Crippen molar-refractivity contribution in [3.05, 3.63) is 52.0 Å². The molecule has 0 radical (unpaired) electrons. The van der Waals surface area contributed by atoms with Gasteiger partial charge >= 0.3 is 0 Å². The third kappa shape index (κ3) is 3.60. The van der Waals surface area contributed by atoms with Crippen LogP contribution in [0.25, 0.3) is 6.08 Å². The zero-order chi connectivity index (χ0) is 9.68. The number of halogens is 1. The summed E-state index contributed by atoms with van der Waals surface area (Å²) in [6.07, 6.45) is 6.26. The van der Waals surface area contributed by atoms with Crippen LogP contribution in [0.4, 0.5) is 0 Å². The van der Waals surface area contributed by atoms with Crippen molar-refractivity contribution in [3.8, 4) is 0 Å². The van der Waals surface area contributed by atoms with Gasteiger partial charge in [-0.05, 0) is 25.5 Å². The Morgan fingerprint density at radius 3 is 2.54 bits per heavy atom. The highest BCUT2D eigenvalue weighted by Crippen LogP contribution is 2.17. The van der Waals surface area contributed by atoms with E-state index in [0.717, 1.165) is 4.47 Å². The first kappa shape index (κ1) is 10.3. The highest BCUT2D eigenvalue weighted by molar-refractivity contribution is 9.10. The van der Waals surface area contributed by atoms with E-state index < -0.39 is 0 Å². The van der Waals surface area contributed by atoms with Gasteiger partial charge in [0.15, 0.2) is 0 Å². The van der Waals surface area contributed by atoms with Crippen LogP contribution >= 0.6 is 15.9 Å². The van der Waals surface area contributed by atoms with Crippen LogP contribution in [0.2, 0.25) is 0 Å². The zero-order valence-corrected chi connectivity index (χ0v) is 9.51. The minimum absolute atomic E-state index is 1.13. The number of allylic oxidation sites excluding steroid dienone is 3. The minimum atomic E-state index is 1.13. The highest BCUT2D eigenvalue weighted by Gasteiger charge is 1.90. The van der Waals surface area contributed by atoms with E-state index in [1.807, 2.05) is 18.2 Å². The third-order valence-corrected chi connectivity index (χ3v) is 2.33. The van der Waals surface area contributed by atoms with E-state index in [2.05, 4.69) is 54.1 Å². The Balaban J connectivity index is 2.80. The Bertz CT molecular complexity index is 331. The average Bonchev–Trinajstić information content (AvgIpc) is 2.08. The number of benzene rings is 1. The third-order valence-electron chi connectivity index (χ3n) is 1.61. The molecule has 0 amide bonds. The van der Waals surface area contributed by atoms with Crippen LogP contribution in [0.3, 0.4) is 0 Å². The smallest absolute Gasteiger partial charge is 0.0247 e. The van der Waals surface area contributed by atoms with Crippen LogP contribution in [0.15, 0.2) is 46.5 Å². The van der Waals surface area contributed by atoms with E-state index in [1.165, 1.54) is 11.1 Å². The topological polar surface area (TPSA) is 0 Å². The summed E-state index contributed by atoms with van der Waals surface area (Å²) in [6, 6.07) is 8.18. The summed E-state index contributed by atoms with van der Waals surface area (Å²) in [5.74, 6) is 0. The fourth-order valence-corrected chi connectivity index (χ4v) is 1.37. The average molecular weight is 237 g/mol. The van der Waals surface area contributed by atoms with Gasteiger partial charge in [-0.25, -0.2) is 0 Å². The van der Waals surface area contributed by atoms with Gasteiger partial charge in [0.1, 0.15) is 0 Å². The van der Waals surface area contributed by atoms with Gasteiger partial charge in [-0.15, -0.1) is 0 Å². The van der Waals surface area contributed by atoms with Crippen LogP contribution < -0.4 is 0 Å². The molecule has 1 aromatic rings. The van der Waals surface area contributed by atoms with Crippen molar-refractivity contribution in [3.63, 3.8) is 0 Å². The fraction of sp³-hybridized carbons (Fsp3) is 0.167. The highest BCUT2D eigenvalue weighted by atomic mass is 79.9. The summed E-state index contributed by atoms with van der Waals surface area (Å²) in [5.41, 5.74) is 2.52. The van der Waals surface area contributed by atoms with Gasteiger partial charge in [0.05, 0.1) is 0 Å². The van der Waals surface area contributed by atoms with E-state index in [4.69, 9.17) is 0 Å². The Morgan fingerprint density at radius 2 is 1.92 bits per heavy atom. The van der Waals surface area contributed by atoms with Crippen LogP contribution in [-0.4, -0.2) is 0 Å². The lowest BCUT2D eigenvalue weighted by Gasteiger charge is -1.95. The summed E-state index contributed by atoms with van der Waals surface area (Å²) in [7, 11) is 0. The van der Waals surface area contributed by atoms with Gasteiger partial charge in [0.2, 0.25) is 0 Å². The molecule has 0 nitrogen and oxygen atoms in total. The number of rotatable bonds is 2. The van der Waals surface area contributed by atoms with Crippen molar-refractivity contribution in [2.45, 2.75) is 13.8 Å². The van der Waals surface area contributed by atoms with Crippen molar-refractivity contribution >= 4 is 22.0 Å². The maximum atomic E-state index is 3.49. The van der Waals surface area contributed by atoms with Crippen molar-refractivity contribution in [1.29, 1.82) is 0 Å². The van der Waals surface area contributed by atoms with E-state index >= 15 is 0 Å². The Morgan fingerprint density at radius 1 is 1.23 bits per heavy atom. The van der Waals surface area contributed by atoms with Gasteiger partial charge in [-0.3, -0.25) is 0 Å². The summed E-state index contributed by atoms with van der Waals surface area (Å²) >= 11 is 3.49. The fourth-order valence-electron chi connectivity index (χ4n) is 0.954. The molecule has 1 rings (SSSR count). The molecule has 0 spiro atoms. The summed E-state index contributed by atoms with van der Waals surface area (Å²) in [5, 5.41) is 0. The predicted octanol–water partition coefficient (Wildman–Crippen LogP) is 4.43. The van der Waals surface area contributed by atoms with Gasteiger partial charge in [-0.1, -0.05) is 57.9 Å². The van der Waals surface area contributed by atoms with Crippen molar-refractivity contribution in [1.82, 2.24) is 0 Å². The number of hydrogen-bond acceptors (Lipinski definition) is 0. The van der Waals surface area contributed by atoms with Crippen LogP contribution in [0, 0.1) is 0 Å². The molecule has 0 heterocycles. The van der Waals surface area contributed by atoms with Crippen LogP contribution in [0.1, 0.15) is 19.4 Å². The lowest BCUT2D eigenvalue weighted by Crippen LogP contribution is -1.72. The summed E-state index contributed by atoms with van der Waals surface area (Å²) < 4.78 is 1.13. The molecule has 0 saturated carbocycles. The van der Waals surface area contributed by atoms with Crippen molar-refractivity contribution < 1.29 is 0 Å².